The predicted octanol–water partition coefficient (Wildman–Crippen LogP) is 3.26. The molecule has 0 bridgehead atoms. The average molecular weight is 287 g/mol. The molecular weight excluding hydrogens is 272 g/mol. The summed E-state index contributed by atoms with van der Waals surface area (Å²) in [6.07, 6.45) is 0.625. The van der Waals surface area contributed by atoms with Crippen molar-refractivity contribution in [3.05, 3.63) is 23.9 Å². The lowest BCUT2D eigenvalue weighted by atomic mass is 10.1. The number of amides is 1. The topological polar surface area (TPSA) is 53.4 Å². The fraction of sp³-hybridized carbons (Fsp3) is 0.455. The van der Waals surface area contributed by atoms with Crippen LogP contribution < -0.4 is 4.90 Å². The van der Waals surface area contributed by atoms with Gasteiger partial charge in [0.25, 0.3) is 0 Å². The van der Waals surface area contributed by atoms with E-state index in [0.29, 0.717) is 11.1 Å². The summed E-state index contributed by atoms with van der Waals surface area (Å²) < 4.78 is 0. The molecule has 5 heteroatoms. The van der Waals surface area contributed by atoms with Gasteiger partial charge in [0.05, 0.1) is 0 Å². The second-order valence-electron chi connectivity index (χ2n) is 4.44. The first-order valence-corrected chi connectivity index (χ1v) is 6.02. The van der Waals surface area contributed by atoms with Gasteiger partial charge in [-0.3, -0.25) is 4.90 Å². The summed E-state index contributed by atoms with van der Waals surface area (Å²) >= 11 is 3.33. The number of hydrogen-bond donors (Lipinski definition) is 1. The van der Waals surface area contributed by atoms with E-state index in [-0.39, 0.29) is 0 Å². The molecule has 1 aromatic rings. The van der Waals surface area contributed by atoms with Crippen molar-refractivity contribution in [2.24, 2.45) is 0 Å². The minimum Gasteiger partial charge on any atom is -0.465 e. The van der Waals surface area contributed by atoms with Gasteiger partial charge in [-0.2, -0.15) is 0 Å². The number of halogens is 1. The summed E-state index contributed by atoms with van der Waals surface area (Å²) in [4.78, 5) is 16.6. The van der Waals surface area contributed by atoms with Gasteiger partial charge < -0.3 is 5.11 Å². The average Bonchev–Trinajstić information content (AvgIpc) is 2.15. The maximum absolute atomic E-state index is 11.2. The zero-order valence-electron chi connectivity index (χ0n) is 9.57. The fourth-order valence-electron chi connectivity index (χ4n) is 1.39. The van der Waals surface area contributed by atoms with Gasteiger partial charge in [0.1, 0.15) is 5.82 Å². The number of alkyl halides is 1. The first-order chi connectivity index (χ1) is 7.36. The number of aromatic nitrogens is 1. The number of pyridine rings is 1. The molecule has 1 heterocycles. The van der Waals surface area contributed by atoms with Crippen molar-refractivity contribution < 1.29 is 9.90 Å². The van der Waals surface area contributed by atoms with E-state index >= 15 is 0 Å². The molecule has 0 aliphatic carbocycles. The Hall–Kier alpha value is -1.10. The molecule has 0 aliphatic heterocycles. The van der Waals surface area contributed by atoms with Gasteiger partial charge in [-0.1, -0.05) is 15.9 Å². The summed E-state index contributed by atoms with van der Waals surface area (Å²) in [6.45, 7) is 5.51. The van der Waals surface area contributed by atoms with E-state index < -0.39 is 11.6 Å². The second kappa shape index (κ2) is 4.82. The summed E-state index contributed by atoms with van der Waals surface area (Å²) in [5.41, 5.74) is 0.490. The van der Waals surface area contributed by atoms with Crippen molar-refractivity contribution in [2.75, 3.05) is 4.90 Å². The van der Waals surface area contributed by atoms with Gasteiger partial charge >= 0.3 is 6.09 Å². The van der Waals surface area contributed by atoms with E-state index in [1.54, 1.807) is 12.3 Å². The molecule has 0 fully saturated rings. The highest BCUT2D eigenvalue weighted by atomic mass is 79.9. The molecule has 1 aromatic heterocycles. The van der Waals surface area contributed by atoms with Crippen molar-refractivity contribution >= 4 is 27.8 Å². The Morgan fingerprint density at radius 3 is 2.62 bits per heavy atom. The highest BCUT2D eigenvalue weighted by Crippen LogP contribution is 2.23. The maximum atomic E-state index is 11.2. The minimum atomic E-state index is -0.994. The molecule has 0 aliphatic rings. The van der Waals surface area contributed by atoms with Crippen LogP contribution >= 0.6 is 15.9 Å². The van der Waals surface area contributed by atoms with Crippen molar-refractivity contribution in [3.63, 3.8) is 0 Å². The summed E-state index contributed by atoms with van der Waals surface area (Å²) in [7, 11) is 0. The largest absolute Gasteiger partial charge is 0.465 e. The molecule has 0 atom stereocenters. The van der Waals surface area contributed by atoms with Crippen LogP contribution in [0.15, 0.2) is 18.3 Å². The lowest BCUT2D eigenvalue weighted by Gasteiger charge is -2.32. The Morgan fingerprint density at radius 2 is 2.19 bits per heavy atom. The second-order valence-corrected chi connectivity index (χ2v) is 5.01. The number of anilines is 1. The molecule has 0 saturated heterocycles. The molecule has 0 radical (unpaired) electrons. The molecule has 0 unspecified atom stereocenters. The minimum absolute atomic E-state index is 0.456. The number of hydrogen-bond acceptors (Lipinski definition) is 2. The molecule has 0 aromatic carbocycles. The van der Waals surface area contributed by atoms with E-state index in [9.17, 15) is 9.90 Å². The summed E-state index contributed by atoms with van der Waals surface area (Å²) in [6, 6.07) is 3.62. The van der Waals surface area contributed by atoms with E-state index in [0.717, 1.165) is 5.56 Å². The lowest BCUT2D eigenvalue weighted by Crippen LogP contribution is -2.45. The van der Waals surface area contributed by atoms with E-state index in [2.05, 4.69) is 20.9 Å². The van der Waals surface area contributed by atoms with Crippen molar-refractivity contribution in [1.29, 1.82) is 0 Å². The van der Waals surface area contributed by atoms with Gasteiger partial charge in [-0.05, 0) is 38.5 Å². The van der Waals surface area contributed by atoms with E-state index in [4.69, 9.17) is 0 Å². The smallest absolute Gasteiger partial charge is 0.413 e. The maximum Gasteiger partial charge on any atom is 0.413 e. The van der Waals surface area contributed by atoms with Crippen LogP contribution in [0.5, 0.6) is 0 Å². The quantitative estimate of drug-likeness (QED) is 0.849. The normalized spacial score (nSPS) is 11.2. The molecule has 1 amide bonds. The van der Waals surface area contributed by atoms with Crippen LogP contribution in [0.2, 0.25) is 0 Å². The van der Waals surface area contributed by atoms with Crippen LogP contribution in [0, 0.1) is 0 Å². The Morgan fingerprint density at radius 1 is 1.56 bits per heavy atom. The summed E-state index contributed by atoms with van der Waals surface area (Å²) in [5, 5.41) is 9.88. The van der Waals surface area contributed by atoms with E-state index in [1.165, 1.54) is 4.90 Å². The standard InChI is InChI=1S/C11H15BrN2O2/c1-11(2,3)14(10(15)16)9-6-8(7-12)4-5-13-9/h4-6H,7H2,1-3H3,(H,15,16). The molecule has 0 saturated carbocycles. The third kappa shape index (κ3) is 2.95. The number of nitrogens with zero attached hydrogens (tertiary/aromatic N) is 2. The van der Waals surface area contributed by atoms with Crippen LogP contribution in [-0.2, 0) is 5.33 Å². The third-order valence-corrected chi connectivity index (χ3v) is 2.70. The van der Waals surface area contributed by atoms with Crippen LogP contribution in [0.3, 0.4) is 0 Å². The summed E-state index contributed by atoms with van der Waals surface area (Å²) in [5.74, 6) is 0.456. The van der Waals surface area contributed by atoms with Gasteiger partial charge in [-0.15, -0.1) is 0 Å². The molecule has 4 nitrogen and oxygen atoms in total. The first kappa shape index (κ1) is 13.0. The Labute approximate surface area is 103 Å². The van der Waals surface area contributed by atoms with Crippen LogP contribution in [-0.4, -0.2) is 21.7 Å². The van der Waals surface area contributed by atoms with Gasteiger partial charge in [-0.25, -0.2) is 9.78 Å². The van der Waals surface area contributed by atoms with Crippen molar-refractivity contribution in [2.45, 2.75) is 31.6 Å². The number of rotatable bonds is 2. The lowest BCUT2D eigenvalue weighted by molar-refractivity contribution is 0.195. The first-order valence-electron chi connectivity index (χ1n) is 4.90. The van der Waals surface area contributed by atoms with Gasteiger partial charge in [0.2, 0.25) is 0 Å². The monoisotopic (exact) mass is 286 g/mol. The SMILES string of the molecule is CC(C)(C)N(C(=O)O)c1cc(CBr)ccn1. The zero-order valence-corrected chi connectivity index (χ0v) is 11.2. The number of carbonyl (C=O) groups is 1. The Bertz CT molecular complexity index is 388. The van der Waals surface area contributed by atoms with Crippen LogP contribution in [0.25, 0.3) is 0 Å². The zero-order chi connectivity index (χ0) is 12.3. The fourth-order valence-corrected chi connectivity index (χ4v) is 1.74. The molecular formula is C11H15BrN2O2. The molecule has 1 rings (SSSR count). The predicted molar refractivity (Wildman–Crippen MR) is 67.1 cm³/mol. The number of carboxylic acid groups (broad SMARTS) is 1. The van der Waals surface area contributed by atoms with E-state index in [1.807, 2.05) is 26.8 Å². The molecule has 16 heavy (non-hydrogen) atoms. The van der Waals surface area contributed by atoms with Crippen LogP contribution in [0.4, 0.5) is 10.6 Å². The van der Waals surface area contributed by atoms with Crippen molar-refractivity contribution in [1.82, 2.24) is 4.98 Å². The third-order valence-electron chi connectivity index (χ3n) is 2.06. The Balaban J connectivity index is 3.16. The van der Waals surface area contributed by atoms with Crippen LogP contribution in [0.1, 0.15) is 26.3 Å². The highest BCUT2D eigenvalue weighted by Gasteiger charge is 2.28. The molecule has 0 spiro atoms. The van der Waals surface area contributed by atoms with Crippen molar-refractivity contribution in [3.8, 4) is 0 Å². The van der Waals surface area contributed by atoms with Gasteiger partial charge in [0, 0.05) is 17.1 Å². The van der Waals surface area contributed by atoms with Gasteiger partial charge in [0.15, 0.2) is 0 Å². The highest BCUT2D eigenvalue weighted by molar-refractivity contribution is 9.08. The molecule has 1 N–H and O–H groups in total. The molecule has 88 valence electrons. The Kier molecular flexibility index (Phi) is 3.91.